The van der Waals surface area contributed by atoms with Crippen LogP contribution < -0.4 is 16.1 Å². The average Bonchev–Trinajstić information content (AvgIpc) is 2.56. The molecule has 1 aliphatic rings. The maximum atomic E-state index is 11.9. The molecular weight excluding hydrogens is 214 g/mol. The molecule has 1 fully saturated rings. The second kappa shape index (κ2) is 5.80. The highest BCUT2D eigenvalue weighted by molar-refractivity contribution is 5.45. The van der Waals surface area contributed by atoms with E-state index >= 15 is 0 Å². The zero-order valence-electron chi connectivity index (χ0n) is 10.0. The number of rotatable bonds is 3. The minimum atomic E-state index is 0.0993. The zero-order valence-corrected chi connectivity index (χ0v) is 10.0. The Morgan fingerprint density at radius 2 is 1.76 bits per heavy atom. The van der Waals surface area contributed by atoms with Gasteiger partial charge in [-0.2, -0.15) is 0 Å². The van der Waals surface area contributed by atoms with Crippen molar-refractivity contribution < 1.29 is 0 Å². The van der Waals surface area contributed by atoms with Crippen LogP contribution in [0, 0.1) is 0 Å². The number of anilines is 1. The molecule has 0 amide bonds. The van der Waals surface area contributed by atoms with Crippen LogP contribution in [-0.2, 0) is 0 Å². The Balaban J connectivity index is 2.06. The minimum Gasteiger partial charge on any atom is -0.366 e. The van der Waals surface area contributed by atoms with E-state index in [1.165, 1.54) is 0 Å². The summed E-state index contributed by atoms with van der Waals surface area (Å²) in [5, 5.41) is 0. The van der Waals surface area contributed by atoms with Crippen LogP contribution in [0.25, 0.3) is 0 Å². The SMILES string of the molecule is NCCN1CCN(c2cccccc2=O)CC1. The Labute approximate surface area is 102 Å². The first-order valence-electron chi connectivity index (χ1n) is 6.08. The van der Waals surface area contributed by atoms with Gasteiger partial charge in [0.25, 0.3) is 0 Å². The molecule has 4 nitrogen and oxygen atoms in total. The van der Waals surface area contributed by atoms with E-state index in [0.29, 0.717) is 6.54 Å². The average molecular weight is 233 g/mol. The topological polar surface area (TPSA) is 49.6 Å². The Bertz CT molecular complexity index is 413. The molecule has 0 bridgehead atoms. The highest BCUT2D eigenvalue weighted by Gasteiger charge is 2.17. The molecule has 0 aliphatic carbocycles. The van der Waals surface area contributed by atoms with E-state index in [4.69, 9.17) is 5.73 Å². The number of nitrogens with zero attached hydrogens (tertiary/aromatic N) is 2. The third-order valence-electron chi connectivity index (χ3n) is 3.13. The molecule has 0 spiro atoms. The summed E-state index contributed by atoms with van der Waals surface area (Å²) in [6, 6.07) is 9.12. The monoisotopic (exact) mass is 233 g/mol. The molecule has 1 aromatic carbocycles. The van der Waals surface area contributed by atoms with E-state index in [-0.39, 0.29) is 5.43 Å². The van der Waals surface area contributed by atoms with Gasteiger partial charge < -0.3 is 10.6 Å². The summed E-state index contributed by atoms with van der Waals surface area (Å²) in [5.74, 6) is 0. The predicted molar refractivity (Wildman–Crippen MR) is 70.4 cm³/mol. The summed E-state index contributed by atoms with van der Waals surface area (Å²) in [6.45, 7) is 5.41. The van der Waals surface area contributed by atoms with Crippen molar-refractivity contribution in [3.05, 3.63) is 40.6 Å². The molecule has 4 heteroatoms. The van der Waals surface area contributed by atoms with Crippen molar-refractivity contribution >= 4 is 5.69 Å². The summed E-state index contributed by atoms with van der Waals surface area (Å²) in [6.07, 6.45) is 0. The van der Waals surface area contributed by atoms with Crippen LogP contribution in [0.3, 0.4) is 0 Å². The lowest BCUT2D eigenvalue weighted by atomic mass is 10.2. The minimum absolute atomic E-state index is 0.0993. The van der Waals surface area contributed by atoms with Gasteiger partial charge in [-0.3, -0.25) is 9.69 Å². The van der Waals surface area contributed by atoms with Crippen LogP contribution >= 0.6 is 0 Å². The van der Waals surface area contributed by atoms with Gasteiger partial charge in [0, 0.05) is 39.3 Å². The lowest BCUT2D eigenvalue weighted by Gasteiger charge is -2.35. The van der Waals surface area contributed by atoms with E-state index in [9.17, 15) is 4.79 Å². The molecule has 1 aromatic rings. The molecule has 0 saturated carbocycles. The van der Waals surface area contributed by atoms with Crippen molar-refractivity contribution in [2.75, 3.05) is 44.2 Å². The van der Waals surface area contributed by atoms with E-state index in [2.05, 4.69) is 9.80 Å². The van der Waals surface area contributed by atoms with Gasteiger partial charge >= 0.3 is 0 Å². The van der Waals surface area contributed by atoms with Gasteiger partial charge in [-0.15, -0.1) is 0 Å². The molecule has 17 heavy (non-hydrogen) atoms. The van der Waals surface area contributed by atoms with E-state index in [1.807, 2.05) is 18.2 Å². The smallest absolute Gasteiger partial charge is 0.201 e. The third-order valence-corrected chi connectivity index (χ3v) is 3.13. The van der Waals surface area contributed by atoms with E-state index in [1.54, 1.807) is 12.1 Å². The van der Waals surface area contributed by atoms with Gasteiger partial charge in [-0.25, -0.2) is 0 Å². The fraction of sp³-hybridized carbons (Fsp3) is 0.462. The summed E-state index contributed by atoms with van der Waals surface area (Å²) < 4.78 is 0. The Morgan fingerprint density at radius 3 is 2.47 bits per heavy atom. The lowest BCUT2D eigenvalue weighted by molar-refractivity contribution is 0.265. The summed E-state index contributed by atoms with van der Waals surface area (Å²) in [7, 11) is 0. The Kier molecular flexibility index (Phi) is 4.12. The quantitative estimate of drug-likeness (QED) is 0.806. The second-order valence-electron chi connectivity index (χ2n) is 4.28. The van der Waals surface area contributed by atoms with Crippen LogP contribution in [0.5, 0.6) is 0 Å². The highest BCUT2D eigenvalue weighted by Crippen LogP contribution is 2.10. The molecule has 0 radical (unpaired) electrons. The van der Waals surface area contributed by atoms with Gasteiger partial charge in [-0.05, 0) is 12.1 Å². The van der Waals surface area contributed by atoms with E-state index < -0.39 is 0 Å². The van der Waals surface area contributed by atoms with Crippen LogP contribution in [0.1, 0.15) is 0 Å². The molecule has 0 aromatic heterocycles. The van der Waals surface area contributed by atoms with Crippen molar-refractivity contribution in [3.63, 3.8) is 0 Å². The van der Waals surface area contributed by atoms with Gasteiger partial charge in [0.1, 0.15) is 0 Å². The molecular formula is C13H19N3O. The molecule has 0 atom stereocenters. The predicted octanol–water partition coefficient (Wildman–Crippen LogP) is 0.127. The normalized spacial score (nSPS) is 17.1. The lowest BCUT2D eigenvalue weighted by Crippen LogP contribution is -2.48. The molecule has 2 N–H and O–H groups in total. The number of piperazine rings is 1. The van der Waals surface area contributed by atoms with Crippen molar-refractivity contribution in [1.82, 2.24) is 4.90 Å². The zero-order chi connectivity index (χ0) is 12.1. The number of hydrogen-bond acceptors (Lipinski definition) is 4. The molecule has 1 heterocycles. The summed E-state index contributed by atoms with van der Waals surface area (Å²) >= 11 is 0. The van der Waals surface area contributed by atoms with Gasteiger partial charge in [0.2, 0.25) is 5.43 Å². The molecule has 92 valence electrons. The Hall–Kier alpha value is -1.39. The van der Waals surface area contributed by atoms with Crippen LogP contribution in [0.15, 0.2) is 35.1 Å². The largest absolute Gasteiger partial charge is 0.366 e. The first-order chi connectivity index (χ1) is 8.31. The summed E-state index contributed by atoms with van der Waals surface area (Å²) in [5.41, 5.74) is 6.45. The van der Waals surface area contributed by atoms with Crippen LogP contribution in [0.4, 0.5) is 5.69 Å². The fourth-order valence-corrected chi connectivity index (χ4v) is 2.18. The fourth-order valence-electron chi connectivity index (χ4n) is 2.18. The van der Waals surface area contributed by atoms with Crippen LogP contribution in [0.2, 0.25) is 0 Å². The maximum Gasteiger partial charge on any atom is 0.201 e. The standard InChI is InChI=1S/C13H19N3O/c14-6-7-15-8-10-16(11-9-15)12-4-2-1-3-5-13(12)17/h1-5H,6-11,14H2. The summed E-state index contributed by atoms with van der Waals surface area (Å²) in [4.78, 5) is 16.3. The first-order valence-corrected chi connectivity index (χ1v) is 6.08. The maximum absolute atomic E-state index is 11.9. The first kappa shape index (κ1) is 12.1. The van der Waals surface area contributed by atoms with Crippen LogP contribution in [-0.4, -0.2) is 44.2 Å². The Morgan fingerprint density at radius 1 is 1.06 bits per heavy atom. The molecule has 1 saturated heterocycles. The third kappa shape index (κ3) is 3.05. The second-order valence-corrected chi connectivity index (χ2v) is 4.28. The number of nitrogens with two attached hydrogens (primary N) is 1. The van der Waals surface area contributed by atoms with Gasteiger partial charge in [0.15, 0.2) is 0 Å². The van der Waals surface area contributed by atoms with Crippen molar-refractivity contribution in [2.45, 2.75) is 0 Å². The van der Waals surface area contributed by atoms with Crippen molar-refractivity contribution in [2.24, 2.45) is 5.73 Å². The van der Waals surface area contributed by atoms with Crippen molar-refractivity contribution in [1.29, 1.82) is 0 Å². The molecule has 1 aliphatic heterocycles. The van der Waals surface area contributed by atoms with E-state index in [0.717, 1.165) is 38.4 Å². The highest BCUT2D eigenvalue weighted by atomic mass is 16.1. The molecule has 0 unspecified atom stereocenters. The van der Waals surface area contributed by atoms with Crippen molar-refractivity contribution in [3.8, 4) is 0 Å². The number of hydrogen-bond donors (Lipinski definition) is 1. The van der Waals surface area contributed by atoms with Gasteiger partial charge in [-0.1, -0.05) is 18.2 Å². The molecule has 2 rings (SSSR count). The van der Waals surface area contributed by atoms with Gasteiger partial charge in [0.05, 0.1) is 5.69 Å².